The molecule has 0 saturated carbocycles. The van der Waals surface area contributed by atoms with Crippen LogP contribution in [0, 0.1) is 0 Å². The highest BCUT2D eigenvalue weighted by molar-refractivity contribution is 5.98. The van der Waals surface area contributed by atoms with Gasteiger partial charge in [0.05, 0.1) is 0 Å². The molecule has 0 bridgehead atoms. The van der Waals surface area contributed by atoms with Crippen LogP contribution >= 0.6 is 0 Å². The molecule has 1 atom stereocenters. The summed E-state index contributed by atoms with van der Waals surface area (Å²) in [6, 6.07) is 6.86. The van der Waals surface area contributed by atoms with E-state index in [1.807, 2.05) is 0 Å². The number of benzene rings is 1. The van der Waals surface area contributed by atoms with Crippen molar-refractivity contribution in [1.29, 1.82) is 0 Å². The lowest BCUT2D eigenvalue weighted by Gasteiger charge is -2.21. The Morgan fingerprint density at radius 1 is 1.47 bits per heavy atom. The SMILES string of the molecule is CC(O)N(C)C(=O)c1ccccc1/C=C/[C]=O. The number of amides is 1. The molecule has 89 valence electrons. The van der Waals surface area contributed by atoms with Gasteiger partial charge in [0.25, 0.3) is 5.91 Å². The Hall–Kier alpha value is -1.94. The van der Waals surface area contributed by atoms with Crippen LogP contribution in [0.25, 0.3) is 6.08 Å². The van der Waals surface area contributed by atoms with Crippen molar-refractivity contribution in [2.24, 2.45) is 0 Å². The molecule has 1 aromatic carbocycles. The molecule has 0 fully saturated rings. The summed E-state index contributed by atoms with van der Waals surface area (Å²) in [5.41, 5.74) is 1.05. The maximum Gasteiger partial charge on any atom is 0.256 e. The van der Waals surface area contributed by atoms with Crippen LogP contribution in [0.5, 0.6) is 0 Å². The number of carbonyl (C=O) groups is 1. The van der Waals surface area contributed by atoms with Gasteiger partial charge in [-0.25, -0.2) is 0 Å². The highest BCUT2D eigenvalue weighted by atomic mass is 16.3. The molecule has 1 aromatic rings. The summed E-state index contributed by atoms with van der Waals surface area (Å²) in [5.74, 6) is -0.300. The molecule has 1 radical (unpaired) electrons. The summed E-state index contributed by atoms with van der Waals surface area (Å²) in [5, 5.41) is 9.34. The van der Waals surface area contributed by atoms with Crippen LogP contribution in [0.2, 0.25) is 0 Å². The van der Waals surface area contributed by atoms with Crippen LogP contribution < -0.4 is 0 Å². The van der Waals surface area contributed by atoms with Crippen LogP contribution in [-0.4, -0.2) is 35.5 Å². The Bertz CT molecular complexity index is 438. The van der Waals surface area contributed by atoms with Crippen LogP contribution in [0.4, 0.5) is 0 Å². The van der Waals surface area contributed by atoms with E-state index in [0.29, 0.717) is 11.1 Å². The average molecular weight is 232 g/mol. The lowest BCUT2D eigenvalue weighted by atomic mass is 10.1. The van der Waals surface area contributed by atoms with Crippen molar-refractivity contribution in [3.8, 4) is 0 Å². The Kier molecular flexibility index (Phi) is 4.60. The molecule has 0 aromatic heterocycles. The maximum atomic E-state index is 12.0. The fourth-order valence-electron chi connectivity index (χ4n) is 1.32. The lowest BCUT2D eigenvalue weighted by Crippen LogP contribution is -2.35. The first-order chi connectivity index (χ1) is 8.07. The monoisotopic (exact) mass is 232 g/mol. The smallest absolute Gasteiger partial charge is 0.256 e. The van der Waals surface area contributed by atoms with Crippen LogP contribution in [0.3, 0.4) is 0 Å². The molecule has 17 heavy (non-hydrogen) atoms. The molecule has 1 unspecified atom stereocenters. The molecular formula is C13H14NO3. The zero-order valence-corrected chi connectivity index (χ0v) is 9.75. The molecule has 1 amide bonds. The van der Waals surface area contributed by atoms with Gasteiger partial charge in [0.1, 0.15) is 6.23 Å². The van der Waals surface area contributed by atoms with Gasteiger partial charge in [-0.15, -0.1) is 0 Å². The van der Waals surface area contributed by atoms with Gasteiger partial charge in [0, 0.05) is 12.6 Å². The van der Waals surface area contributed by atoms with Crippen LogP contribution in [-0.2, 0) is 4.79 Å². The molecule has 0 aliphatic rings. The van der Waals surface area contributed by atoms with Crippen molar-refractivity contribution in [3.63, 3.8) is 0 Å². The number of carbonyl (C=O) groups excluding carboxylic acids is 2. The number of nitrogens with zero attached hydrogens (tertiary/aromatic N) is 1. The van der Waals surface area contributed by atoms with E-state index in [-0.39, 0.29) is 5.91 Å². The minimum absolute atomic E-state index is 0.300. The van der Waals surface area contributed by atoms with Crippen molar-refractivity contribution in [2.75, 3.05) is 7.05 Å². The summed E-state index contributed by atoms with van der Waals surface area (Å²) in [6.45, 7) is 1.51. The molecule has 0 aliphatic carbocycles. The van der Waals surface area contributed by atoms with Crippen molar-refractivity contribution >= 4 is 18.3 Å². The minimum atomic E-state index is -0.864. The number of hydrogen-bond donors (Lipinski definition) is 1. The fraction of sp³-hybridized carbons (Fsp3) is 0.231. The Morgan fingerprint density at radius 3 is 2.71 bits per heavy atom. The molecule has 1 rings (SSSR count). The van der Waals surface area contributed by atoms with E-state index in [4.69, 9.17) is 0 Å². The van der Waals surface area contributed by atoms with Gasteiger partial charge >= 0.3 is 0 Å². The minimum Gasteiger partial charge on any atom is -0.374 e. The van der Waals surface area contributed by atoms with Gasteiger partial charge in [-0.2, -0.15) is 0 Å². The molecule has 4 nitrogen and oxygen atoms in total. The largest absolute Gasteiger partial charge is 0.374 e. The third-order valence-electron chi connectivity index (χ3n) is 2.40. The van der Waals surface area contributed by atoms with Crippen molar-refractivity contribution in [1.82, 2.24) is 4.90 Å². The third kappa shape index (κ3) is 3.26. The van der Waals surface area contributed by atoms with E-state index in [1.54, 1.807) is 30.6 Å². The molecule has 1 N–H and O–H groups in total. The molecule has 4 heteroatoms. The topological polar surface area (TPSA) is 57.6 Å². The van der Waals surface area contributed by atoms with Gasteiger partial charge in [-0.05, 0) is 24.6 Å². The number of rotatable bonds is 4. The highest BCUT2D eigenvalue weighted by Gasteiger charge is 2.17. The summed E-state index contributed by atoms with van der Waals surface area (Å²) in [6.07, 6.45) is 3.48. The fourth-order valence-corrected chi connectivity index (χ4v) is 1.32. The summed E-state index contributed by atoms with van der Waals surface area (Å²) >= 11 is 0. The number of aliphatic hydroxyl groups excluding tert-OH is 1. The first-order valence-electron chi connectivity index (χ1n) is 5.16. The summed E-state index contributed by atoms with van der Waals surface area (Å²) < 4.78 is 0. The second-order valence-electron chi connectivity index (χ2n) is 3.59. The molecule has 0 heterocycles. The number of allylic oxidation sites excluding steroid dienone is 1. The Labute approximate surface area is 100 Å². The quantitative estimate of drug-likeness (QED) is 0.627. The van der Waals surface area contributed by atoms with E-state index < -0.39 is 6.23 Å². The maximum absolute atomic E-state index is 12.0. The number of hydrogen-bond acceptors (Lipinski definition) is 3. The first-order valence-corrected chi connectivity index (χ1v) is 5.16. The van der Waals surface area contributed by atoms with E-state index in [1.165, 1.54) is 31.0 Å². The van der Waals surface area contributed by atoms with E-state index in [9.17, 15) is 14.7 Å². The van der Waals surface area contributed by atoms with Crippen molar-refractivity contribution < 1.29 is 14.7 Å². The normalized spacial score (nSPS) is 12.4. The van der Waals surface area contributed by atoms with Crippen LogP contribution in [0.15, 0.2) is 30.3 Å². The van der Waals surface area contributed by atoms with E-state index >= 15 is 0 Å². The van der Waals surface area contributed by atoms with Crippen molar-refractivity contribution in [2.45, 2.75) is 13.2 Å². The Balaban J connectivity index is 3.08. The number of aliphatic hydroxyl groups is 1. The highest BCUT2D eigenvalue weighted by Crippen LogP contribution is 2.13. The van der Waals surface area contributed by atoms with Gasteiger partial charge in [-0.3, -0.25) is 9.59 Å². The van der Waals surface area contributed by atoms with Crippen LogP contribution in [0.1, 0.15) is 22.8 Å². The van der Waals surface area contributed by atoms with Crippen molar-refractivity contribution in [3.05, 3.63) is 41.5 Å². The second kappa shape index (κ2) is 5.96. The molecule has 0 aliphatic heterocycles. The Morgan fingerprint density at radius 2 is 2.12 bits per heavy atom. The third-order valence-corrected chi connectivity index (χ3v) is 2.40. The molecular weight excluding hydrogens is 218 g/mol. The predicted octanol–water partition coefficient (Wildman–Crippen LogP) is 1.22. The van der Waals surface area contributed by atoms with E-state index in [0.717, 1.165) is 0 Å². The van der Waals surface area contributed by atoms with Gasteiger partial charge in [-0.1, -0.05) is 24.3 Å². The standard InChI is InChI=1S/C13H14NO3/c1-10(16)14(2)13(17)12-8-4-3-6-11(12)7-5-9-15/h3-8,10,16H,1-2H3/b7-5+. The molecule has 0 spiro atoms. The van der Waals surface area contributed by atoms with Gasteiger partial charge in [0.2, 0.25) is 6.29 Å². The predicted molar refractivity (Wildman–Crippen MR) is 64.9 cm³/mol. The summed E-state index contributed by atoms with van der Waals surface area (Å²) in [7, 11) is 1.51. The van der Waals surface area contributed by atoms with Gasteiger partial charge in [0.15, 0.2) is 0 Å². The summed E-state index contributed by atoms with van der Waals surface area (Å²) in [4.78, 5) is 23.4. The zero-order valence-electron chi connectivity index (χ0n) is 9.75. The first kappa shape index (κ1) is 13.1. The van der Waals surface area contributed by atoms with Gasteiger partial charge < -0.3 is 10.0 Å². The molecule has 0 saturated heterocycles. The lowest BCUT2D eigenvalue weighted by molar-refractivity contribution is 0.0293. The van der Waals surface area contributed by atoms with E-state index in [2.05, 4.69) is 0 Å². The second-order valence-corrected chi connectivity index (χ2v) is 3.59. The average Bonchev–Trinajstić information content (AvgIpc) is 2.34. The zero-order chi connectivity index (χ0) is 12.8.